The third-order valence-corrected chi connectivity index (χ3v) is 4.34. The first-order valence-electron chi connectivity index (χ1n) is 7.90. The monoisotopic (exact) mass is 325 g/mol. The number of methoxy groups -OCH3 is 1. The summed E-state index contributed by atoms with van der Waals surface area (Å²) in [5.41, 5.74) is 4.07. The Bertz CT molecular complexity index is 813. The van der Waals surface area contributed by atoms with E-state index in [2.05, 4.69) is 6.07 Å². The summed E-state index contributed by atoms with van der Waals surface area (Å²) >= 11 is 0. The molecule has 2 aromatic carbocycles. The number of benzene rings is 2. The van der Waals surface area contributed by atoms with Crippen molar-refractivity contribution in [3.63, 3.8) is 0 Å². The van der Waals surface area contributed by atoms with Crippen LogP contribution < -0.4 is 9.64 Å². The number of nitrogens with zero attached hydrogens (tertiary/aromatic N) is 1. The van der Waals surface area contributed by atoms with Crippen molar-refractivity contribution in [1.82, 2.24) is 0 Å². The summed E-state index contributed by atoms with van der Waals surface area (Å²) in [6, 6.07) is 10.8. The zero-order valence-electron chi connectivity index (χ0n) is 13.7. The van der Waals surface area contributed by atoms with Crippen LogP contribution in [0.2, 0.25) is 0 Å². The van der Waals surface area contributed by atoms with Crippen molar-refractivity contribution in [2.24, 2.45) is 0 Å². The molecule has 5 heteroatoms. The van der Waals surface area contributed by atoms with Crippen molar-refractivity contribution in [1.29, 1.82) is 0 Å². The summed E-state index contributed by atoms with van der Waals surface area (Å²) in [6.45, 7) is 2.57. The van der Waals surface area contributed by atoms with E-state index >= 15 is 0 Å². The van der Waals surface area contributed by atoms with Gasteiger partial charge in [-0.15, -0.1) is 0 Å². The van der Waals surface area contributed by atoms with Crippen molar-refractivity contribution < 1.29 is 19.4 Å². The maximum atomic E-state index is 12.0. The van der Waals surface area contributed by atoms with Gasteiger partial charge in [-0.25, -0.2) is 4.79 Å². The van der Waals surface area contributed by atoms with Crippen LogP contribution in [0.5, 0.6) is 5.75 Å². The number of hydrogen-bond acceptors (Lipinski definition) is 3. The molecule has 1 heterocycles. The number of carbonyl (C=O) groups excluding carboxylic acids is 1. The minimum atomic E-state index is -0.984. The molecule has 1 N–H and O–H groups in total. The van der Waals surface area contributed by atoms with Crippen molar-refractivity contribution >= 4 is 17.6 Å². The first kappa shape index (κ1) is 16.1. The lowest BCUT2D eigenvalue weighted by Gasteiger charge is -2.17. The van der Waals surface area contributed by atoms with Gasteiger partial charge in [-0.3, -0.25) is 4.79 Å². The van der Waals surface area contributed by atoms with Crippen LogP contribution in [0.4, 0.5) is 5.69 Å². The highest BCUT2D eigenvalue weighted by molar-refractivity contribution is 5.96. The number of carbonyl (C=O) groups is 2. The number of fused-ring (bicyclic) bond motifs is 1. The molecule has 24 heavy (non-hydrogen) atoms. The number of ether oxygens (including phenoxy) is 1. The van der Waals surface area contributed by atoms with Crippen LogP contribution in [0.25, 0.3) is 11.1 Å². The minimum Gasteiger partial charge on any atom is -0.496 e. The summed E-state index contributed by atoms with van der Waals surface area (Å²) in [7, 11) is 1.53. The fourth-order valence-electron chi connectivity index (χ4n) is 3.08. The van der Waals surface area contributed by atoms with Crippen LogP contribution in [-0.2, 0) is 11.2 Å². The quantitative estimate of drug-likeness (QED) is 0.936. The molecule has 5 nitrogen and oxygen atoms in total. The molecule has 0 fully saturated rings. The molecule has 1 aliphatic rings. The lowest BCUT2D eigenvalue weighted by atomic mass is 9.99. The molecule has 0 radical (unpaired) electrons. The van der Waals surface area contributed by atoms with Crippen LogP contribution in [0.15, 0.2) is 36.4 Å². The number of aromatic carboxylic acids is 1. The Labute approximate surface area is 140 Å². The average molecular weight is 325 g/mol. The Hall–Kier alpha value is -2.82. The van der Waals surface area contributed by atoms with Crippen molar-refractivity contribution in [3.05, 3.63) is 47.5 Å². The van der Waals surface area contributed by atoms with E-state index < -0.39 is 5.97 Å². The van der Waals surface area contributed by atoms with Crippen LogP contribution >= 0.6 is 0 Å². The average Bonchev–Trinajstić information content (AvgIpc) is 3.03. The van der Waals surface area contributed by atoms with E-state index in [1.807, 2.05) is 24.0 Å². The molecule has 1 amide bonds. The number of carboxylic acid groups (broad SMARTS) is 1. The summed E-state index contributed by atoms with van der Waals surface area (Å²) < 4.78 is 5.36. The molecule has 0 unspecified atom stereocenters. The third kappa shape index (κ3) is 2.73. The van der Waals surface area contributed by atoms with E-state index in [1.165, 1.54) is 13.2 Å². The Balaban J connectivity index is 2.00. The smallest absolute Gasteiger partial charge is 0.335 e. The van der Waals surface area contributed by atoms with Gasteiger partial charge in [-0.1, -0.05) is 13.0 Å². The topological polar surface area (TPSA) is 66.8 Å². The number of anilines is 1. The van der Waals surface area contributed by atoms with Crippen molar-refractivity contribution in [2.75, 3.05) is 18.6 Å². The highest BCUT2D eigenvalue weighted by atomic mass is 16.5. The molecule has 0 aromatic heterocycles. The zero-order valence-corrected chi connectivity index (χ0v) is 13.7. The fourth-order valence-corrected chi connectivity index (χ4v) is 3.08. The van der Waals surface area contributed by atoms with Gasteiger partial charge in [0.05, 0.1) is 12.7 Å². The van der Waals surface area contributed by atoms with Crippen molar-refractivity contribution in [2.45, 2.75) is 19.8 Å². The summed E-state index contributed by atoms with van der Waals surface area (Å²) in [4.78, 5) is 24.9. The molecule has 0 saturated heterocycles. The van der Waals surface area contributed by atoms with Gasteiger partial charge in [-0.2, -0.15) is 0 Å². The maximum Gasteiger partial charge on any atom is 0.335 e. The molecule has 0 spiro atoms. The van der Waals surface area contributed by atoms with E-state index in [0.29, 0.717) is 18.7 Å². The molecule has 0 aliphatic carbocycles. The summed E-state index contributed by atoms with van der Waals surface area (Å²) in [6.07, 6.45) is 1.32. The summed E-state index contributed by atoms with van der Waals surface area (Å²) in [5, 5.41) is 9.10. The molecule has 0 atom stereocenters. The number of hydrogen-bond donors (Lipinski definition) is 1. The van der Waals surface area contributed by atoms with Gasteiger partial charge in [0, 0.05) is 24.2 Å². The first-order chi connectivity index (χ1) is 11.5. The highest BCUT2D eigenvalue weighted by Gasteiger charge is 2.24. The normalized spacial score (nSPS) is 12.8. The Morgan fingerprint density at radius 1 is 1.21 bits per heavy atom. The largest absolute Gasteiger partial charge is 0.496 e. The second-order valence-electron chi connectivity index (χ2n) is 5.71. The molecular formula is C19H19NO4. The molecule has 2 aromatic rings. The SMILES string of the molecule is CCC(=O)N1CCc2cc(-c3ccc(C(=O)O)cc3OC)ccc21. The van der Waals surface area contributed by atoms with Gasteiger partial charge in [0.2, 0.25) is 5.91 Å². The Morgan fingerprint density at radius 3 is 2.67 bits per heavy atom. The first-order valence-corrected chi connectivity index (χ1v) is 7.90. The number of amides is 1. The Kier molecular flexibility index (Phi) is 4.25. The molecule has 124 valence electrons. The van der Waals surface area contributed by atoms with Gasteiger partial charge < -0.3 is 14.7 Å². The van der Waals surface area contributed by atoms with Crippen molar-refractivity contribution in [3.8, 4) is 16.9 Å². The second-order valence-corrected chi connectivity index (χ2v) is 5.71. The van der Waals surface area contributed by atoms with Gasteiger partial charge >= 0.3 is 5.97 Å². The van der Waals surface area contributed by atoms with E-state index in [4.69, 9.17) is 9.84 Å². The van der Waals surface area contributed by atoms with Gasteiger partial charge in [0.25, 0.3) is 0 Å². The van der Waals surface area contributed by atoms with Gasteiger partial charge in [0.1, 0.15) is 5.75 Å². The Morgan fingerprint density at radius 2 is 2.00 bits per heavy atom. The maximum absolute atomic E-state index is 12.0. The second kappa shape index (κ2) is 6.35. The minimum absolute atomic E-state index is 0.130. The lowest BCUT2D eigenvalue weighted by molar-refractivity contribution is -0.118. The predicted octanol–water partition coefficient (Wildman–Crippen LogP) is 3.36. The van der Waals surface area contributed by atoms with E-state index in [9.17, 15) is 9.59 Å². The number of carboxylic acids is 1. The lowest BCUT2D eigenvalue weighted by Crippen LogP contribution is -2.27. The van der Waals surface area contributed by atoms with Gasteiger partial charge in [-0.05, 0) is 47.9 Å². The predicted molar refractivity (Wildman–Crippen MR) is 91.7 cm³/mol. The summed E-state index contributed by atoms with van der Waals surface area (Å²) in [5.74, 6) is -0.332. The van der Waals surface area contributed by atoms with E-state index in [1.54, 1.807) is 12.1 Å². The van der Waals surface area contributed by atoms with Crippen LogP contribution in [-0.4, -0.2) is 30.6 Å². The molecule has 3 rings (SSSR count). The fraction of sp³-hybridized carbons (Fsp3) is 0.263. The molecule has 0 saturated carbocycles. The molecular weight excluding hydrogens is 306 g/mol. The van der Waals surface area contributed by atoms with E-state index in [-0.39, 0.29) is 11.5 Å². The van der Waals surface area contributed by atoms with Crippen LogP contribution in [0, 0.1) is 0 Å². The third-order valence-electron chi connectivity index (χ3n) is 4.34. The highest BCUT2D eigenvalue weighted by Crippen LogP contribution is 2.36. The van der Waals surface area contributed by atoms with Crippen LogP contribution in [0.3, 0.4) is 0 Å². The number of rotatable bonds is 4. The standard InChI is InChI=1S/C19H19NO4/c1-3-18(21)20-9-8-13-10-12(5-7-16(13)20)15-6-4-14(19(22)23)11-17(15)24-2/h4-7,10-11H,3,8-9H2,1-2H3,(H,22,23). The van der Waals surface area contributed by atoms with Crippen LogP contribution in [0.1, 0.15) is 29.3 Å². The van der Waals surface area contributed by atoms with E-state index in [0.717, 1.165) is 28.8 Å². The molecule has 1 aliphatic heterocycles. The zero-order chi connectivity index (χ0) is 17.3. The molecule has 0 bridgehead atoms. The van der Waals surface area contributed by atoms with Gasteiger partial charge in [0.15, 0.2) is 0 Å².